The van der Waals surface area contributed by atoms with Crippen molar-refractivity contribution in [1.82, 2.24) is 10.2 Å². The van der Waals surface area contributed by atoms with Gasteiger partial charge in [-0.25, -0.2) is 8.42 Å². The molecule has 6 nitrogen and oxygen atoms in total. The van der Waals surface area contributed by atoms with E-state index in [1.54, 1.807) is 31.2 Å². The SMILES string of the molecule is CCS(=O)(=O)N(C)c1ccc(C(=O)NCCCN2CCCCCC2)cc1. The highest BCUT2D eigenvalue weighted by atomic mass is 32.2. The first-order chi connectivity index (χ1) is 12.4. The fraction of sp³-hybridized carbons (Fsp3) is 0.632. The predicted octanol–water partition coefficient (Wildman–Crippen LogP) is 2.47. The quantitative estimate of drug-likeness (QED) is 0.703. The zero-order chi connectivity index (χ0) is 19.0. The van der Waals surface area contributed by atoms with E-state index in [2.05, 4.69) is 10.2 Å². The van der Waals surface area contributed by atoms with Crippen molar-refractivity contribution < 1.29 is 13.2 Å². The van der Waals surface area contributed by atoms with Crippen LogP contribution in [0, 0.1) is 0 Å². The Kier molecular flexibility index (Phi) is 7.90. The van der Waals surface area contributed by atoms with E-state index in [-0.39, 0.29) is 11.7 Å². The van der Waals surface area contributed by atoms with Crippen molar-refractivity contribution >= 4 is 21.6 Å². The number of nitrogens with zero attached hydrogens (tertiary/aromatic N) is 2. The summed E-state index contributed by atoms with van der Waals surface area (Å²) in [7, 11) is -1.76. The van der Waals surface area contributed by atoms with E-state index in [1.807, 2.05) is 0 Å². The second-order valence-electron chi connectivity index (χ2n) is 6.78. The number of amides is 1. The molecule has 1 heterocycles. The van der Waals surface area contributed by atoms with Gasteiger partial charge in [-0.15, -0.1) is 0 Å². The fourth-order valence-corrected chi connectivity index (χ4v) is 3.97. The van der Waals surface area contributed by atoms with Gasteiger partial charge in [0, 0.05) is 19.2 Å². The highest BCUT2D eigenvalue weighted by molar-refractivity contribution is 7.92. The molecule has 0 aromatic heterocycles. The largest absolute Gasteiger partial charge is 0.352 e. The van der Waals surface area contributed by atoms with Crippen molar-refractivity contribution in [3.05, 3.63) is 29.8 Å². The lowest BCUT2D eigenvalue weighted by Gasteiger charge is -2.19. The minimum atomic E-state index is -3.29. The summed E-state index contributed by atoms with van der Waals surface area (Å²) in [6.07, 6.45) is 6.17. The second-order valence-corrected chi connectivity index (χ2v) is 9.07. The molecule has 1 aromatic rings. The maximum atomic E-state index is 12.2. The smallest absolute Gasteiger partial charge is 0.251 e. The van der Waals surface area contributed by atoms with Crippen LogP contribution in [0.5, 0.6) is 0 Å². The van der Waals surface area contributed by atoms with Crippen LogP contribution in [0.3, 0.4) is 0 Å². The van der Waals surface area contributed by atoms with Crippen LogP contribution in [0.4, 0.5) is 5.69 Å². The van der Waals surface area contributed by atoms with E-state index in [9.17, 15) is 13.2 Å². The molecule has 146 valence electrons. The summed E-state index contributed by atoms with van der Waals surface area (Å²) in [5.41, 5.74) is 1.11. The van der Waals surface area contributed by atoms with Crippen molar-refractivity contribution in [2.75, 3.05) is 43.3 Å². The van der Waals surface area contributed by atoms with Crippen molar-refractivity contribution in [3.8, 4) is 0 Å². The van der Waals surface area contributed by atoms with Crippen LogP contribution in [0.15, 0.2) is 24.3 Å². The number of likely N-dealkylation sites (tertiary alicyclic amines) is 1. The molecular formula is C19H31N3O3S. The summed E-state index contributed by atoms with van der Waals surface area (Å²) in [6, 6.07) is 6.67. The molecule has 2 rings (SSSR count). The van der Waals surface area contributed by atoms with Gasteiger partial charge in [0.15, 0.2) is 0 Å². The molecule has 1 aromatic carbocycles. The molecule has 1 aliphatic rings. The lowest BCUT2D eigenvalue weighted by Crippen LogP contribution is -2.30. The van der Waals surface area contributed by atoms with Crippen LogP contribution in [-0.2, 0) is 10.0 Å². The molecule has 1 amide bonds. The van der Waals surface area contributed by atoms with Gasteiger partial charge in [0.2, 0.25) is 10.0 Å². The van der Waals surface area contributed by atoms with E-state index in [0.29, 0.717) is 17.8 Å². The van der Waals surface area contributed by atoms with Crippen molar-refractivity contribution in [1.29, 1.82) is 0 Å². The highest BCUT2D eigenvalue weighted by Gasteiger charge is 2.16. The number of rotatable bonds is 8. The Hall–Kier alpha value is -1.60. The minimum Gasteiger partial charge on any atom is -0.352 e. The Morgan fingerprint density at radius 3 is 2.31 bits per heavy atom. The molecule has 0 unspecified atom stereocenters. The van der Waals surface area contributed by atoms with Gasteiger partial charge in [0.1, 0.15) is 0 Å². The molecule has 0 bridgehead atoms. The van der Waals surface area contributed by atoms with Gasteiger partial charge in [-0.1, -0.05) is 12.8 Å². The molecule has 1 aliphatic heterocycles. The van der Waals surface area contributed by atoms with Gasteiger partial charge >= 0.3 is 0 Å². The molecular weight excluding hydrogens is 350 g/mol. The number of hydrogen-bond acceptors (Lipinski definition) is 4. The third-order valence-corrected chi connectivity index (χ3v) is 6.69. The first-order valence-electron chi connectivity index (χ1n) is 9.51. The van der Waals surface area contributed by atoms with Crippen molar-refractivity contribution in [2.45, 2.75) is 39.0 Å². The molecule has 26 heavy (non-hydrogen) atoms. The normalized spacial score (nSPS) is 16.1. The summed E-state index contributed by atoms with van der Waals surface area (Å²) in [5, 5.41) is 2.95. The number of hydrogen-bond donors (Lipinski definition) is 1. The van der Waals surface area contributed by atoms with Gasteiger partial charge in [-0.2, -0.15) is 0 Å². The lowest BCUT2D eigenvalue weighted by atomic mass is 10.2. The van der Waals surface area contributed by atoms with Gasteiger partial charge in [-0.3, -0.25) is 9.10 Å². The van der Waals surface area contributed by atoms with E-state index in [4.69, 9.17) is 0 Å². The Labute approximate surface area is 157 Å². The van der Waals surface area contributed by atoms with E-state index in [0.717, 1.165) is 13.0 Å². The first-order valence-corrected chi connectivity index (χ1v) is 11.1. The Bertz CT molecular complexity index is 666. The molecule has 0 spiro atoms. The number of sulfonamides is 1. The number of anilines is 1. The Balaban J connectivity index is 1.78. The van der Waals surface area contributed by atoms with Crippen LogP contribution in [-0.4, -0.2) is 58.2 Å². The van der Waals surface area contributed by atoms with Gasteiger partial charge in [-0.05, 0) is 70.1 Å². The maximum Gasteiger partial charge on any atom is 0.251 e. The average molecular weight is 382 g/mol. The van der Waals surface area contributed by atoms with Crippen LogP contribution < -0.4 is 9.62 Å². The summed E-state index contributed by atoms with van der Waals surface area (Å²) in [4.78, 5) is 14.7. The molecule has 1 N–H and O–H groups in total. The van der Waals surface area contributed by atoms with Crippen molar-refractivity contribution in [2.24, 2.45) is 0 Å². The zero-order valence-electron chi connectivity index (χ0n) is 15.9. The molecule has 0 atom stereocenters. The van der Waals surface area contributed by atoms with E-state index >= 15 is 0 Å². The number of carbonyl (C=O) groups excluding carboxylic acids is 1. The number of carbonyl (C=O) groups is 1. The lowest BCUT2D eigenvalue weighted by molar-refractivity contribution is 0.0951. The molecule has 1 saturated heterocycles. The third-order valence-electron chi connectivity index (χ3n) is 4.91. The van der Waals surface area contributed by atoms with Crippen molar-refractivity contribution in [3.63, 3.8) is 0 Å². The van der Waals surface area contributed by atoms with Crippen LogP contribution in [0.2, 0.25) is 0 Å². The molecule has 0 aliphatic carbocycles. The summed E-state index contributed by atoms with van der Waals surface area (Å²) in [6.45, 7) is 5.63. The molecule has 0 radical (unpaired) electrons. The van der Waals surface area contributed by atoms with Gasteiger partial charge in [0.25, 0.3) is 5.91 Å². The summed E-state index contributed by atoms with van der Waals surface area (Å²) in [5.74, 6) is -0.0728. The molecule has 7 heteroatoms. The van der Waals surface area contributed by atoms with Crippen LogP contribution in [0.25, 0.3) is 0 Å². The van der Waals surface area contributed by atoms with Gasteiger partial charge in [0.05, 0.1) is 11.4 Å². The average Bonchev–Trinajstić information content (AvgIpc) is 2.93. The fourth-order valence-electron chi connectivity index (χ4n) is 3.14. The monoisotopic (exact) mass is 381 g/mol. The second kappa shape index (κ2) is 9.92. The number of nitrogens with one attached hydrogen (secondary N) is 1. The highest BCUT2D eigenvalue weighted by Crippen LogP contribution is 2.17. The van der Waals surface area contributed by atoms with E-state index in [1.165, 1.54) is 50.1 Å². The molecule has 1 fully saturated rings. The number of benzene rings is 1. The zero-order valence-corrected chi connectivity index (χ0v) is 16.7. The first kappa shape index (κ1) is 20.7. The van der Waals surface area contributed by atoms with Gasteiger partial charge < -0.3 is 10.2 Å². The third kappa shape index (κ3) is 5.99. The topological polar surface area (TPSA) is 69.7 Å². The van der Waals surface area contributed by atoms with Crippen LogP contribution >= 0.6 is 0 Å². The molecule has 0 saturated carbocycles. The van der Waals surface area contributed by atoms with E-state index < -0.39 is 10.0 Å². The van der Waals surface area contributed by atoms with Crippen LogP contribution in [0.1, 0.15) is 49.4 Å². The summed E-state index contributed by atoms with van der Waals surface area (Å²) < 4.78 is 25.0. The standard InChI is InChI=1S/C19H31N3O3S/c1-3-26(24,25)21(2)18-11-9-17(10-12-18)19(23)20-13-8-16-22-14-6-4-5-7-15-22/h9-12H,3-8,13-16H2,1-2H3,(H,20,23). The Morgan fingerprint density at radius 2 is 1.73 bits per heavy atom. The maximum absolute atomic E-state index is 12.2. The predicted molar refractivity (Wildman–Crippen MR) is 106 cm³/mol. The minimum absolute atomic E-state index is 0.0444. The Morgan fingerprint density at radius 1 is 1.12 bits per heavy atom. The summed E-state index contributed by atoms with van der Waals surface area (Å²) >= 11 is 0.